The summed E-state index contributed by atoms with van der Waals surface area (Å²) >= 11 is 0. The van der Waals surface area contributed by atoms with Crippen LogP contribution in [0.25, 0.3) is 5.52 Å². The summed E-state index contributed by atoms with van der Waals surface area (Å²) in [5.41, 5.74) is 0.388. The minimum Gasteiger partial charge on any atom is -0.337 e. The highest BCUT2D eigenvalue weighted by atomic mass is 19.4. The van der Waals surface area contributed by atoms with Crippen molar-refractivity contribution in [3.8, 4) is 0 Å². The van der Waals surface area contributed by atoms with Crippen LogP contribution in [0.5, 0.6) is 0 Å². The van der Waals surface area contributed by atoms with Crippen LogP contribution in [0.1, 0.15) is 28.8 Å². The van der Waals surface area contributed by atoms with E-state index in [-0.39, 0.29) is 23.1 Å². The summed E-state index contributed by atoms with van der Waals surface area (Å²) in [4.78, 5) is 30.7. The fourth-order valence-corrected chi connectivity index (χ4v) is 4.55. The fraction of sp³-hybridized carbons (Fsp3) is 0.333. The number of aromatic nitrogens is 3. The van der Waals surface area contributed by atoms with E-state index in [1.54, 1.807) is 28.0 Å². The molecular weight excluding hydrogens is 425 g/mol. The van der Waals surface area contributed by atoms with Crippen molar-refractivity contribution >= 4 is 23.1 Å². The Morgan fingerprint density at radius 1 is 1.16 bits per heavy atom. The molecule has 0 atom stereocenters. The number of hydrogen-bond donors (Lipinski definition) is 2. The molecule has 11 heteroatoms. The van der Waals surface area contributed by atoms with Gasteiger partial charge in [-0.05, 0) is 31.0 Å². The molecule has 3 amide bonds. The molecule has 1 saturated carbocycles. The van der Waals surface area contributed by atoms with Gasteiger partial charge in [0.25, 0.3) is 5.91 Å². The van der Waals surface area contributed by atoms with Crippen molar-refractivity contribution in [1.29, 1.82) is 0 Å². The maximum Gasteiger partial charge on any atom is 0.416 e. The number of anilines is 1. The van der Waals surface area contributed by atoms with Crippen molar-refractivity contribution in [3.63, 3.8) is 0 Å². The van der Waals surface area contributed by atoms with Gasteiger partial charge in [-0.15, -0.1) is 0 Å². The quantitative estimate of drug-likeness (QED) is 0.649. The lowest BCUT2D eigenvalue weighted by molar-refractivity contribution is -0.137. The van der Waals surface area contributed by atoms with E-state index in [1.807, 2.05) is 0 Å². The Morgan fingerprint density at radius 2 is 1.94 bits per heavy atom. The molecule has 1 aliphatic heterocycles. The van der Waals surface area contributed by atoms with Gasteiger partial charge in [0, 0.05) is 42.6 Å². The lowest BCUT2D eigenvalue weighted by Crippen LogP contribution is -2.67. The highest BCUT2D eigenvalue weighted by Crippen LogP contribution is 2.48. The number of benzene rings is 1. The van der Waals surface area contributed by atoms with E-state index >= 15 is 0 Å². The van der Waals surface area contributed by atoms with Crippen LogP contribution >= 0.6 is 0 Å². The van der Waals surface area contributed by atoms with Gasteiger partial charge in [0.2, 0.25) is 0 Å². The normalized spacial score (nSPS) is 17.7. The Balaban J connectivity index is 1.12. The van der Waals surface area contributed by atoms with E-state index in [1.165, 1.54) is 18.3 Å². The zero-order valence-electron chi connectivity index (χ0n) is 16.8. The molecular formula is C21H19F3N6O2. The van der Waals surface area contributed by atoms with Gasteiger partial charge in [-0.1, -0.05) is 6.07 Å². The standard InChI is InChI=1S/C21H19F3N6O2/c22-21(23,24)13-2-1-3-14(6-13)27-19(32)28-15-7-20(8-15)11-29(12-20)18(31)16-9-26-30-5-4-25-10-17(16)30/h1-6,9-10,15H,7-8,11-12H2,(H2,27,28,32). The monoisotopic (exact) mass is 444 g/mol. The second kappa shape index (κ2) is 7.21. The number of nitrogens with zero attached hydrogens (tertiary/aromatic N) is 4. The number of carbonyl (C=O) groups is 2. The van der Waals surface area contributed by atoms with Gasteiger partial charge in [-0.3, -0.25) is 9.78 Å². The van der Waals surface area contributed by atoms with Crippen molar-refractivity contribution < 1.29 is 22.8 Å². The Labute approximate surface area is 180 Å². The number of amides is 3. The zero-order chi connectivity index (χ0) is 22.5. The molecule has 0 unspecified atom stereocenters. The SMILES string of the molecule is O=C(Nc1cccc(C(F)(F)F)c1)NC1CC2(C1)CN(C(=O)c1cnn3ccncc13)C2. The minimum absolute atomic E-state index is 0.0228. The molecule has 0 radical (unpaired) electrons. The lowest BCUT2D eigenvalue weighted by Gasteiger charge is -2.58. The second-order valence-corrected chi connectivity index (χ2v) is 8.41. The molecule has 2 aliphatic rings. The highest BCUT2D eigenvalue weighted by Gasteiger charge is 2.54. The lowest BCUT2D eigenvalue weighted by atomic mass is 9.60. The van der Waals surface area contributed by atoms with Crippen LogP contribution < -0.4 is 10.6 Å². The third-order valence-corrected chi connectivity index (χ3v) is 6.04. The molecule has 32 heavy (non-hydrogen) atoms. The number of hydrogen-bond acceptors (Lipinski definition) is 4. The van der Waals surface area contributed by atoms with Crippen molar-refractivity contribution in [2.45, 2.75) is 25.1 Å². The Bertz CT molecular complexity index is 1190. The van der Waals surface area contributed by atoms with E-state index in [2.05, 4.69) is 20.7 Å². The Morgan fingerprint density at radius 3 is 2.69 bits per heavy atom. The molecule has 8 nitrogen and oxygen atoms in total. The predicted octanol–water partition coefficient (Wildman–Crippen LogP) is 3.17. The van der Waals surface area contributed by atoms with Crippen molar-refractivity contribution in [2.24, 2.45) is 5.41 Å². The maximum atomic E-state index is 12.8. The first-order valence-electron chi connectivity index (χ1n) is 10.0. The number of fused-ring (bicyclic) bond motifs is 1. The average molecular weight is 444 g/mol. The van der Waals surface area contributed by atoms with Crippen LogP contribution in [0.4, 0.5) is 23.7 Å². The molecule has 1 aliphatic carbocycles. The topological polar surface area (TPSA) is 91.6 Å². The van der Waals surface area contributed by atoms with Gasteiger partial charge in [-0.25, -0.2) is 9.31 Å². The highest BCUT2D eigenvalue weighted by molar-refractivity contribution is 6.01. The van der Waals surface area contributed by atoms with Gasteiger partial charge in [0.15, 0.2) is 0 Å². The summed E-state index contributed by atoms with van der Waals surface area (Å²) in [6.07, 6.45) is 3.36. The van der Waals surface area contributed by atoms with Crippen LogP contribution in [0.3, 0.4) is 0 Å². The molecule has 2 fully saturated rings. The van der Waals surface area contributed by atoms with E-state index in [0.29, 0.717) is 37.0 Å². The number of urea groups is 1. The second-order valence-electron chi connectivity index (χ2n) is 8.41. The van der Waals surface area contributed by atoms with Crippen LogP contribution in [0.15, 0.2) is 49.1 Å². The largest absolute Gasteiger partial charge is 0.416 e. The molecule has 5 rings (SSSR count). The average Bonchev–Trinajstić information content (AvgIpc) is 3.12. The summed E-state index contributed by atoms with van der Waals surface area (Å²) in [6.45, 7) is 1.19. The first-order valence-corrected chi connectivity index (χ1v) is 10.0. The smallest absolute Gasteiger partial charge is 0.337 e. The molecule has 2 N–H and O–H groups in total. The number of likely N-dealkylation sites (tertiary alicyclic amines) is 1. The fourth-order valence-electron chi connectivity index (χ4n) is 4.55. The molecule has 3 aromatic rings. The molecule has 2 aromatic heterocycles. The minimum atomic E-state index is -4.47. The van der Waals surface area contributed by atoms with Crippen LogP contribution in [-0.4, -0.2) is 50.6 Å². The summed E-state index contributed by atoms with van der Waals surface area (Å²) in [6, 6.07) is 3.87. The van der Waals surface area contributed by atoms with E-state index in [4.69, 9.17) is 0 Å². The van der Waals surface area contributed by atoms with E-state index in [9.17, 15) is 22.8 Å². The van der Waals surface area contributed by atoms with Crippen molar-refractivity contribution in [3.05, 3.63) is 60.2 Å². The van der Waals surface area contributed by atoms with Gasteiger partial charge in [-0.2, -0.15) is 18.3 Å². The van der Waals surface area contributed by atoms with Crippen LogP contribution in [0, 0.1) is 5.41 Å². The summed E-state index contributed by atoms with van der Waals surface area (Å²) in [7, 11) is 0. The number of halogens is 3. The maximum absolute atomic E-state index is 12.8. The summed E-state index contributed by atoms with van der Waals surface area (Å²) < 4.78 is 40.0. The number of nitrogens with one attached hydrogen (secondary N) is 2. The zero-order valence-corrected chi connectivity index (χ0v) is 16.8. The van der Waals surface area contributed by atoms with Crippen LogP contribution in [-0.2, 0) is 6.18 Å². The first kappa shape index (κ1) is 20.3. The summed E-state index contributed by atoms with van der Waals surface area (Å²) in [5, 5.41) is 9.40. The van der Waals surface area contributed by atoms with Gasteiger partial charge >= 0.3 is 12.2 Å². The third-order valence-electron chi connectivity index (χ3n) is 6.04. The Kier molecular flexibility index (Phi) is 4.57. The number of alkyl halides is 3. The summed E-state index contributed by atoms with van der Waals surface area (Å²) in [5.74, 6) is -0.0997. The predicted molar refractivity (Wildman–Crippen MR) is 108 cm³/mol. The van der Waals surface area contributed by atoms with Crippen molar-refractivity contribution in [2.75, 3.05) is 18.4 Å². The molecule has 0 bridgehead atoms. The number of rotatable bonds is 3. The Hall–Kier alpha value is -3.63. The van der Waals surface area contributed by atoms with Gasteiger partial charge in [0.05, 0.1) is 29.0 Å². The molecule has 1 aromatic carbocycles. The van der Waals surface area contributed by atoms with Crippen LogP contribution in [0.2, 0.25) is 0 Å². The first-order chi connectivity index (χ1) is 15.2. The third kappa shape index (κ3) is 3.63. The molecule has 1 spiro atoms. The molecule has 3 heterocycles. The number of carbonyl (C=O) groups excluding carboxylic acids is 2. The molecule has 166 valence electrons. The van der Waals surface area contributed by atoms with Gasteiger partial charge < -0.3 is 15.5 Å². The molecule has 1 saturated heterocycles. The van der Waals surface area contributed by atoms with Crippen molar-refractivity contribution in [1.82, 2.24) is 24.8 Å². The van der Waals surface area contributed by atoms with Gasteiger partial charge in [0.1, 0.15) is 0 Å². The van der Waals surface area contributed by atoms with E-state index in [0.717, 1.165) is 12.1 Å². The van der Waals surface area contributed by atoms with E-state index < -0.39 is 17.8 Å².